The Labute approximate surface area is 154 Å². The second-order valence-corrected chi connectivity index (χ2v) is 6.58. The number of piperidine rings is 1. The van der Waals surface area contributed by atoms with Gasteiger partial charge in [0.05, 0.1) is 13.7 Å². The highest BCUT2D eigenvalue weighted by molar-refractivity contribution is 5.89. The number of allylic oxidation sites excluding steroid dienone is 2. The molecule has 1 unspecified atom stereocenters. The molecule has 1 aromatic heterocycles. The maximum absolute atomic E-state index is 11.9. The summed E-state index contributed by atoms with van der Waals surface area (Å²) in [5, 5.41) is 1.17. The summed E-state index contributed by atoms with van der Waals surface area (Å²) in [6.45, 7) is 8.19. The van der Waals surface area contributed by atoms with Gasteiger partial charge in [-0.25, -0.2) is 4.79 Å². The van der Waals surface area contributed by atoms with Crippen molar-refractivity contribution >= 4 is 22.6 Å². The van der Waals surface area contributed by atoms with Gasteiger partial charge >= 0.3 is 6.09 Å². The molecule has 2 heterocycles. The zero-order valence-corrected chi connectivity index (χ0v) is 15.7. The van der Waals surface area contributed by atoms with Gasteiger partial charge in [-0.15, -0.1) is 0 Å². The van der Waals surface area contributed by atoms with Gasteiger partial charge in [0.2, 0.25) is 0 Å². The van der Waals surface area contributed by atoms with Crippen LogP contribution in [0.15, 0.2) is 42.5 Å². The van der Waals surface area contributed by atoms with E-state index in [4.69, 9.17) is 9.47 Å². The summed E-state index contributed by atoms with van der Waals surface area (Å²) >= 11 is 0. The Morgan fingerprint density at radius 3 is 2.85 bits per heavy atom. The van der Waals surface area contributed by atoms with Crippen molar-refractivity contribution in [2.45, 2.75) is 20.0 Å². The number of likely N-dealkylation sites (tertiary alicyclic amines) is 1. The van der Waals surface area contributed by atoms with Crippen molar-refractivity contribution in [1.29, 1.82) is 0 Å². The van der Waals surface area contributed by atoms with Gasteiger partial charge in [-0.2, -0.15) is 0 Å². The predicted octanol–water partition coefficient (Wildman–Crippen LogP) is 4.36. The molecule has 0 radical (unpaired) electrons. The van der Waals surface area contributed by atoms with Gasteiger partial charge < -0.3 is 19.4 Å². The zero-order valence-electron chi connectivity index (χ0n) is 15.7. The fraction of sp³-hybridized carbons (Fsp3) is 0.381. The van der Waals surface area contributed by atoms with Crippen LogP contribution in [-0.2, 0) is 16.1 Å². The van der Waals surface area contributed by atoms with Crippen LogP contribution in [0.25, 0.3) is 16.5 Å². The highest BCUT2D eigenvalue weighted by atomic mass is 16.5. The molecule has 0 bridgehead atoms. The van der Waals surface area contributed by atoms with Crippen molar-refractivity contribution in [3.05, 3.63) is 53.8 Å². The van der Waals surface area contributed by atoms with E-state index in [1.54, 1.807) is 12.0 Å². The number of rotatable bonds is 4. The smallest absolute Gasteiger partial charge is 0.409 e. The molecule has 0 spiro atoms. The Hall–Kier alpha value is -2.53. The zero-order chi connectivity index (χ0) is 18.7. The van der Waals surface area contributed by atoms with Crippen molar-refractivity contribution in [3.8, 4) is 0 Å². The van der Waals surface area contributed by atoms with E-state index in [2.05, 4.69) is 29.8 Å². The summed E-state index contributed by atoms with van der Waals surface area (Å²) < 4.78 is 10.3. The van der Waals surface area contributed by atoms with Gasteiger partial charge in [0, 0.05) is 48.3 Å². The third kappa shape index (κ3) is 3.27. The van der Waals surface area contributed by atoms with E-state index in [0.717, 1.165) is 28.8 Å². The fourth-order valence-corrected chi connectivity index (χ4v) is 3.80. The first-order chi connectivity index (χ1) is 12.6. The summed E-state index contributed by atoms with van der Waals surface area (Å²) in [7, 11) is 3.13. The van der Waals surface area contributed by atoms with Crippen molar-refractivity contribution < 1.29 is 14.3 Å². The van der Waals surface area contributed by atoms with E-state index in [-0.39, 0.29) is 12.0 Å². The lowest BCUT2D eigenvalue weighted by molar-refractivity contribution is 0.120. The lowest BCUT2D eigenvalue weighted by Gasteiger charge is -2.34. The molecule has 1 N–H and O–H groups in total. The minimum Gasteiger partial charge on any atom is -0.453 e. The monoisotopic (exact) mass is 354 g/mol. The van der Waals surface area contributed by atoms with Crippen LogP contribution < -0.4 is 0 Å². The number of aromatic nitrogens is 1. The normalized spacial score (nSPS) is 19.1. The molecule has 1 atom stereocenters. The molecule has 0 saturated carbocycles. The lowest BCUT2D eigenvalue weighted by Crippen LogP contribution is -2.40. The number of methoxy groups -OCH3 is 2. The number of benzene rings is 1. The van der Waals surface area contributed by atoms with Crippen molar-refractivity contribution in [2.75, 3.05) is 27.3 Å². The summed E-state index contributed by atoms with van der Waals surface area (Å²) in [4.78, 5) is 17.1. The Morgan fingerprint density at radius 1 is 1.38 bits per heavy atom. The number of ether oxygens (including phenoxy) is 2. The average molecular weight is 354 g/mol. The van der Waals surface area contributed by atoms with E-state index in [1.807, 2.05) is 19.1 Å². The first kappa shape index (κ1) is 18.3. The molecule has 1 aliphatic heterocycles. The maximum Gasteiger partial charge on any atom is 0.409 e. The average Bonchev–Trinajstić information content (AvgIpc) is 3.05. The van der Waals surface area contributed by atoms with E-state index >= 15 is 0 Å². The van der Waals surface area contributed by atoms with Gasteiger partial charge in [-0.3, -0.25) is 0 Å². The molecule has 1 amide bonds. The Balaban J connectivity index is 1.93. The molecule has 5 nitrogen and oxygen atoms in total. The minimum absolute atomic E-state index is 0.199. The molecule has 26 heavy (non-hydrogen) atoms. The van der Waals surface area contributed by atoms with Gasteiger partial charge in [-0.1, -0.05) is 30.9 Å². The Bertz CT molecular complexity index is 850. The number of amides is 1. The molecule has 1 fully saturated rings. The molecule has 1 aromatic carbocycles. The molecule has 3 rings (SSSR count). The molecule has 2 aromatic rings. The van der Waals surface area contributed by atoms with Crippen LogP contribution in [0.4, 0.5) is 4.79 Å². The number of H-pyrrole nitrogens is 1. The molecule has 5 heteroatoms. The quantitative estimate of drug-likeness (QED) is 0.830. The van der Waals surface area contributed by atoms with Crippen LogP contribution in [0.2, 0.25) is 0 Å². The third-order valence-electron chi connectivity index (χ3n) is 5.16. The van der Waals surface area contributed by atoms with Crippen LogP contribution in [0.3, 0.4) is 0 Å². The van der Waals surface area contributed by atoms with Crippen LogP contribution in [0.1, 0.15) is 24.6 Å². The number of hydrogen-bond donors (Lipinski definition) is 1. The first-order valence-electron chi connectivity index (χ1n) is 8.86. The second-order valence-electron chi connectivity index (χ2n) is 6.58. The van der Waals surface area contributed by atoms with Crippen molar-refractivity contribution in [1.82, 2.24) is 9.88 Å². The number of nitrogens with zero attached hydrogens (tertiary/aromatic N) is 1. The predicted molar refractivity (Wildman–Crippen MR) is 104 cm³/mol. The topological polar surface area (TPSA) is 54.6 Å². The second kappa shape index (κ2) is 7.79. The third-order valence-corrected chi connectivity index (χ3v) is 5.16. The van der Waals surface area contributed by atoms with Crippen LogP contribution in [0.5, 0.6) is 0 Å². The molecule has 0 aliphatic carbocycles. The lowest BCUT2D eigenvalue weighted by atomic mass is 9.83. The number of hydrogen-bond acceptors (Lipinski definition) is 3. The summed E-state index contributed by atoms with van der Waals surface area (Å²) in [6.07, 6.45) is 2.64. The number of para-hydroxylation sites is 1. The van der Waals surface area contributed by atoms with Crippen molar-refractivity contribution in [2.24, 2.45) is 5.92 Å². The van der Waals surface area contributed by atoms with Crippen LogP contribution in [0, 0.1) is 5.92 Å². The Kier molecular flexibility index (Phi) is 5.47. The molecule has 138 valence electrons. The van der Waals surface area contributed by atoms with Gasteiger partial charge in [0.15, 0.2) is 0 Å². The minimum atomic E-state index is -0.279. The summed E-state index contributed by atoms with van der Waals surface area (Å²) in [5.41, 5.74) is 5.51. The van der Waals surface area contributed by atoms with Gasteiger partial charge in [0.25, 0.3) is 0 Å². The largest absolute Gasteiger partial charge is 0.453 e. The number of aromatic amines is 1. The van der Waals surface area contributed by atoms with Gasteiger partial charge in [-0.05, 0) is 30.6 Å². The van der Waals surface area contributed by atoms with Gasteiger partial charge in [0.1, 0.15) is 0 Å². The summed E-state index contributed by atoms with van der Waals surface area (Å²) in [6, 6.07) is 8.23. The standard InChI is InChI=1S/C21H26N2O3/c1-5-15-12-23(21(24)26-4)11-10-16(15)14(2)20-18(13-25-3)17-8-6-7-9-19(17)22-20/h5-9,16,22H,2,10-13H2,1,3-4H3. The van der Waals surface area contributed by atoms with E-state index < -0.39 is 0 Å². The number of nitrogens with one attached hydrogen (secondary N) is 1. The van der Waals surface area contributed by atoms with E-state index in [1.165, 1.54) is 18.1 Å². The molecule has 1 aliphatic rings. The number of carbonyl (C=O) groups is 1. The highest BCUT2D eigenvalue weighted by Gasteiger charge is 2.30. The summed E-state index contributed by atoms with van der Waals surface area (Å²) in [5.74, 6) is 0.199. The maximum atomic E-state index is 11.9. The molecular formula is C21H26N2O3. The number of fused-ring (bicyclic) bond motifs is 1. The Morgan fingerprint density at radius 2 is 2.15 bits per heavy atom. The molecule has 1 saturated heterocycles. The van der Waals surface area contributed by atoms with Crippen LogP contribution in [-0.4, -0.2) is 43.3 Å². The molecular weight excluding hydrogens is 328 g/mol. The first-order valence-corrected chi connectivity index (χ1v) is 8.86. The number of carbonyl (C=O) groups excluding carboxylic acids is 1. The highest BCUT2D eigenvalue weighted by Crippen LogP contribution is 2.37. The SMILES string of the molecule is C=C(c1[nH]c2ccccc2c1COC)C1CCN(C(=O)OC)CC1=CC. The fourth-order valence-electron chi connectivity index (χ4n) is 3.80. The van der Waals surface area contributed by atoms with E-state index in [0.29, 0.717) is 19.7 Å². The van der Waals surface area contributed by atoms with Crippen LogP contribution >= 0.6 is 0 Å². The van der Waals surface area contributed by atoms with Crippen molar-refractivity contribution in [3.63, 3.8) is 0 Å². The van der Waals surface area contributed by atoms with E-state index in [9.17, 15) is 4.79 Å².